The zero-order valence-corrected chi connectivity index (χ0v) is 16.8. The van der Waals surface area contributed by atoms with Gasteiger partial charge in [-0.05, 0) is 61.1 Å². The lowest BCUT2D eigenvalue weighted by Gasteiger charge is -2.35. The third kappa shape index (κ3) is 4.19. The summed E-state index contributed by atoms with van der Waals surface area (Å²) in [5.74, 6) is -0.459. The number of nitrogens with one attached hydrogen (secondary N) is 1. The minimum Gasteiger partial charge on any atom is -0.368 e. The Bertz CT molecular complexity index is 1110. The molecule has 2 aromatic carbocycles. The van der Waals surface area contributed by atoms with Crippen LogP contribution in [0.25, 0.3) is 6.08 Å². The maximum atomic E-state index is 14.4. The molecule has 1 atom stereocenters. The highest BCUT2D eigenvalue weighted by atomic mass is 32.2. The number of nitriles is 1. The van der Waals surface area contributed by atoms with Gasteiger partial charge in [-0.15, -0.1) is 0 Å². The van der Waals surface area contributed by atoms with Crippen LogP contribution in [-0.2, 0) is 16.4 Å². The Kier molecular flexibility index (Phi) is 5.39. The average Bonchev–Trinajstić information content (AvgIpc) is 2.73. The molecule has 4 rings (SSSR count). The van der Waals surface area contributed by atoms with E-state index in [2.05, 4.69) is 4.72 Å². The lowest BCUT2D eigenvalue weighted by Crippen LogP contribution is -2.48. The molecule has 0 saturated carbocycles. The van der Waals surface area contributed by atoms with Gasteiger partial charge in [0.25, 0.3) is 0 Å². The van der Waals surface area contributed by atoms with Crippen molar-refractivity contribution in [3.05, 3.63) is 69.9 Å². The van der Waals surface area contributed by atoms with E-state index >= 15 is 0 Å². The molecule has 0 aromatic heterocycles. The number of hydrogen-bond acceptors (Lipinski definition) is 4. The van der Waals surface area contributed by atoms with Crippen LogP contribution in [0.15, 0.2) is 47.4 Å². The first-order valence-electron chi connectivity index (χ1n) is 9.72. The van der Waals surface area contributed by atoms with Gasteiger partial charge in [-0.3, -0.25) is 0 Å². The van der Waals surface area contributed by atoms with E-state index in [9.17, 15) is 12.8 Å². The number of allylic oxidation sites excluding steroid dienone is 1. The van der Waals surface area contributed by atoms with Gasteiger partial charge in [0, 0.05) is 19.1 Å². The van der Waals surface area contributed by atoms with E-state index < -0.39 is 15.8 Å². The smallest absolute Gasteiger partial charge is 0.237 e. The topological polar surface area (TPSA) is 73.2 Å². The molecule has 0 radical (unpaired) electrons. The minimum absolute atomic E-state index is 0.269. The van der Waals surface area contributed by atoms with Gasteiger partial charge in [-0.1, -0.05) is 24.3 Å². The lowest BCUT2D eigenvalue weighted by atomic mass is 9.98. The normalized spacial score (nSPS) is 19.2. The Hall–Kier alpha value is -2.69. The van der Waals surface area contributed by atoms with Gasteiger partial charge in [-0.2, -0.15) is 5.26 Å². The quantitative estimate of drug-likeness (QED) is 0.835. The number of hydrogen-bond donors (Lipinski definition) is 1. The van der Waals surface area contributed by atoms with Crippen molar-refractivity contribution in [2.24, 2.45) is 0 Å². The summed E-state index contributed by atoms with van der Waals surface area (Å²) in [6.07, 6.45) is 4.40. The number of nitrogens with zero attached hydrogens (tertiary/aromatic N) is 2. The molecule has 0 bridgehead atoms. The van der Waals surface area contributed by atoms with Gasteiger partial charge in [0.1, 0.15) is 5.82 Å². The van der Waals surface area contributed by atoms with E-state index in [1.807, 2.05) is 35.2 Å². The first-order valence-corrected chi connectivity index (χ1v) is 11.2. The van der Waals surface area contributed by atoms with Gasteiger partial charge < -0.3 is 4.90 Å². The Morgan fingerprint density at radius 2 is 2.00 bits per heavy atom. The summed E-state index contributed by atoms with van der Waals surface area (Å²) in [5, 5.41) is 8.91. The third-order valence-corrected chi connectivity index (χ3v) is 7.17. The fourth-order valence-electron chi connectivity index (χ4n) is 4.04. The highest BCUT2D eigenvalue weighted by Crippen LogP contribution is 2.28. The molecule has 1 aliphatic carbocycles. The molecular formula is C22H22FN3O2S. The van der Waals surface area contributed by atoms with Crippen LogP contribution >= 0.6 is 0 Å². The Morgan fingerprint density at radius 1 is 1.17 bits per heavy atom. The molecular weight excluding hydrogens is 389 g/mol. The predicted octanol–water partition coefficient (Wildman–Crippen LogP) is 3.57. The molecule has 0 spiro atoms. The SMILES string of the molecule is N#Cc1ccc(N2CCC[C@H](NS(=O)(=O)C3=Cc4ccccc4CC3)C2)c(F)c1. The monoisotopic (exact) mass is 411 g/mol. The average molecular weight is 412 g/mol. The maximum Gasteiger partial charge on any atom is 0.237 e. The van der Waals surface area contributed by atoms with Gasteiger partial charge >= 0.3 is 0 Å². The molecule has 150 valence electrons. The minimum atomic E-state index is -3.60. The first-order chi connectivity index (χ1) is 14.0. The zero-order chi connectivity index (χ0) is 20.4. The molecule has 2 aromatic rings. The van der Waals surface area contributed by atoms with Crippen LogP contribution in [0.1, 0.15) is 36.0 Å². The van der Waals surface area contributed by atoms with E-state index in [0.717, 1.165) is 17.5 Å². The molecule has 1 N–H and O–H groups in total. The number of fused-ring (bicyclic) bond motifs is 1. The second-order valence-electron chi connectivity index (χ2n) is 7.49. The second-order valence-corrected chi connectivity index (χ2v) is 9.26. The van der Waals surface area contributed by atoms with E-state index in [1.165, 1.54) is 6.07 Å². The highest BCUT2D eigenvalue weighted by Gasteiger charge is 2.28. The molecule has 0 unspecified atom stereocenters. The van der Waals surface area contributed by atoms with Gasteiger partial charge in [-0.25, -0.2) is 17.5 Å². The number of rotatable bonds is 4. The molecule has 1 aliphatic heterocycles. The summed E-state index contributed by atoms with van der Waals surface area (Å²) in [6.45, 7) is 1.04. The predicted molar refractivity (Wildman–Crippen MR) is 111 cm³/mol. The van der Waals surface area contributed by atoms with Crippen molar-refractivity contribution < 1.29 is 12.8 Å². The second kappa shape index (κ2) is 7.97. The van der Waals surface area contributed by atoms with Crippen molar-refractivity contribution in [3.63, 3.8) is 0 Å². The Morgan fingerprint density at radius 3 is 2.79 bits per heavy atom. The Balaban J connectivity index is 1.50. The van der Waals surface area contributed by atoms with Crippen molar-refractivity contribution in [2.75, 3.05) is 18.0 Å². The summed E-state index contributed by atoms with van der Waals surface area (Å²) in [4.78, 5) is 2.25. The van der Waals surface area contributed by atoms with Crippen LogP contribution < -0.4 is 9.62 Å². The van der Waals surface area contributed by atoms with E-state index in [4.69, 9.17) is 5.26 Å². The molecule has 2 aliphatic rings. The standard InChI is InChI=1S/C22H22FN3O2S/c23-21-12-16(14-24)7-10-22(21)26-11-3-6-19(15-26)25-29(27,28)20-9-8-17-4-1-2-5-18(17)13-20/h1-2,4-5,7,10,12-13,19,25H,3,6,8-9,11,15H2/t19-/m0/s1. The number of benzene rings is 2. The van der Waals surface area contributed by atoms with E-state index in [-0.39, 0.29) is 11.6 Å². The van der Waals surface area contributed by atoms with Crippen LogP contribution in [0.3, 0.4) is 0 Å². The molecule has 0 amide bonds. The van der Waals surface area contributed by atoms with Crippen LogP contribution in [0.4, 0.5) is 10.1 Å². The van der Waals surface area contributed by atoms with Crippen LogP contribution in [0, 0.1) is 17.1 Å². The van der Waals surface area contributed by atoms with Crippen LogP contribution in [0.5, 0.6) is 0 Å². The number of anilines is 1. The molecule has 1 fully saturated rings. The van der Waals surface area contributed by atoms with Crippen molar-refractivity contribution in [2.45, 2.75) is 31.7 Å². The summed E-state index contributed by atoms with van der Waals surface area (Å²) >= 11 is 0. The van der Waals surface area contributed by atoms with Crippen molar-refractivity contribution in [1.82, 2.24) is 4.72 Å². The molecule has 29 heavy (non-hydrogen) atoms. The van der Waals surface area contributed by atoms with E-state index in [1.54, 1.807) is 18.2 Å². The number of piperidine rings is 1. The van der Waals surface area contributed by atoms with Gasteiger partial charge in [0.2, 0.25) is 10.0 Å². The van der Waals surface area contributed by atoms with Crippen LogP contribution in [-0.4, -0.2) is 27.5 Å². The summed E-state index contributed by atoms with van der Waals surface area (Å²) in [7, 11) is -3.60. The van der Waals surface area contributed by atoms with Crippen LogP contribution in [0.2, 0.25) is 0 Å². The highest BCUT2D eigenvalue weighted by molar-refractivity contribution is 7.93. The molecule has 1 heterocycles. The summed E-state index contributed by atoms with van der Waals surface area (Å²) < 4.78 is 43.1. The van der Waals surface area contributed by atoms with Crippen molar-refractivity contribution in [3.8, 4) is 6.07 Å². The first kappa shape index (κ1) is 19.6. The zero-order valence-electron chi connectivity index (χ0n) is 15.9. The third-order valence-electron chi connectivity index (χ3n) is 5.52. The number of aryl methyl sites for hydroxylation is 1. The summed E-state index contributed by atoms with van der Waals surface area (Å²) in [6, 6.07) is 13.8. The fourth-order valence-corrected chi connectivity index (χ4v) is 5.47. The van der Waals surface area contributed by atoms with Gasteiger partial charge in [0.15, 0.2) is 0 Å². The van der Waals surface area contributed by atoms with Crippen molar-refractivity contribution in [1.29, 1.82) is 5.26 Å². The van der Waals surface area contributed by atoms with Crippen molar-refractivity contribution >= 4 is 21.8 Å². The number of halogens is 1. The summed E-state index contributed by atoms with van der Waals surface area (Å²) in [5.41, 5.74) is 2.78. The van der Waals surface area contributed by atoms with E-state index in [0.29, 0.717) is 42.9 Å². The largest absolute Gasteiger partial charge is 0.368 e. The maximum absolute atomic E-state index is 14.4. The Labute approximate surface area is 170 Å². The molecule has 7 heteroatoms. The molecule has 1 saturated heterocycles. The lowest BCUT2D eigenvalue weighted by molar-refractivity contribution is 0.463. The molecule has 5 nitrogen and oxygen atoms in total. The fraction of sp³-hybridized carbons (Fsp3) is 0.318. The number of sulfonamides is 1. The van der Waals surface area contributed by atoms with Gasteiger partial charge in [0.05, 0.1) is 22.2 Å².